The number of carbonyl (C=O) groups excluding carboxylic acids is 2. The van der Waals surface area contributed by atoms with Crippen molar-refractivity contribution in [3.63, 3.8) is 0 Å². The number of phenolic OH excluding ortho intramolecular Hbond substituents is 1. The molecule has 0 radical (unpaired) electrons. The fraction of sp³-hybridized carbons (Fsp3) is 0.222. The molecule has 2 atom stereocenters. The van der Waals surface area contributed by atoms with E-state index in [0.29, 0.717) is 5.56 Å². The minimum Gasteiger partial charge on any atom is -0.502 e. The summed E-state index contributed by atoms with van der Waals surface area (Å²) < 4.78 is 20.1. The highest BCUT2D eigenvalue weighted by Gasteiger charge is 2.34. The Morgan fingerprint density at radius 2 is 2.04 bits per heavy atom. The van der Waals surface area contributed by atoms with E-state index >= 15 is 0 Å². The number of nitrogens with zero attached hydrogens (tertiary/aromatic N) is 2. The predicted molar refractivity (Wildman–Crippen MR) is 107 cm³/mol. The van der Waals surface area contributed by atoms with Crippen LogP contribution in [0.25, 0.3) is 6.08 Å². The van der Waals surface area contributed by atoms with Crippen molar-refractivity contribution in [1.82, 2.24) is 9.97 Å². The largest absolute Gasteiger partial charge is 0.502 e. The fourth-order valence-corrected chi connectivity index (χ4v) is 3.88. The van der Waals surface area contributed by atoms with Crippen molar-refractivity contribution in [2.45, 2.75) is 20.0 Å². The number of allylic oxidation sites excluding steroid dienone is 1. The lowest BCUT2D eigenvalue weighted by molar-refractivity contribution is -0.123. The average Bonchev–Trinajstić information content (AvgIpc) is 2.91. The molecule has 3 rings (SSSR count). The molecule has 2 aromatic rings. The van der Waals surface area contributed by atoms with E-state index in [1.807, 2.05) is 0 Å². The lowest BCUT2D eigenvalue weighted by atomic mass is 10.1. The molecule has 1 N–H and O–H groups in total. The number of ketones is 1. The van der Waals surface area contributed by atoms with Gasteiger partial charge in [-0.1, -0.05) is 0 Å². The molecule has 0 amide bonds. The molecule has 1 aliphatic heterocycles. The van der Waals surface area contributed by atoms with Crippen LogP contribution < -0.4 is 4.74 Å². The molecule has 146 valence electrons. The minimum atomic E-state index is -0.946. The Kier molecular flexibility index (Phi) is 6.07. The van der Waals surface area contributed by atoms with Crippen LogP contribution in [0.2, 0.25) is 5.28 Å². The minimum absolute atomic E-state index is 0.0484. The molecule has 0 aliphatic carbocycles. The van der Waals surface area contributed by atoms with Gasteiger partial charge in [0.05, 0.1) is 15.3 Å². The van der Waals surface area contributed by atoms with Crippen molar-refractivity contribution >= 4 is 56.3 Å². The van der Waals surface area contributed by atoms with Crippen LogP contribution in [-0.2, 0) is 9.59 Å². The van der Waals surface area contributed by atoms with Gasteiger partial charge in [-0.3, -0.25) is 9.59 Å². The molecule has 1 saturated heterocycles. The topological polar surface area (TPSA) is 89.4 Å². The molecule has 1 aromatic carbocycles. The van der Waals surface area contributed by atoms with Crippen LogP contribution in [0.1, 0.15) is 31.1 Å². The predicted octanol–water partition coefficient (Wildman–Crippen LogP) is 4.70. The first-order valence-electron chi connectivity index (χ1n) is 8.01. The molecule has 6 nitrogen and oxygen atoms in total. The molecule has 0 bridgehead atoms. The highest BCUT2D eigenvalue weighted by molar-refractivity contribution is 9.10. The van der Waals surface area contributed by atoms with Gasteiger partial charge >= 0.3 is 0 Å². The van der Waals surface area contributed by atoms with Crippen molar-refractivity contribution in [3.8, 4) is 11.5 Å². The maximum atomic E-state index is 14.5. The van der Waals surface area contributed by atoms with Gasteiger partial charge in [0.25, 0.3) is 0 Å². The Labute approximate surface area is 177 Å². The maximum absolute atomic E-state index is 14.5. The molecule has 1 aromatic heterocycles. The first kappa shape index (κ1) is 20.8. The number of ether oxygens (including phenoxy) is 1. The van der Waals surface area contributed by atoms with Gasteiger partial charge < -0.3 is 9.84 Å². The van der Waals surface area contributed by atoms with Gasteiger partial charge in [0.2, 0.25) is 10.4 Å². The van der Waals surface area contributed by atoms with Crippen LogP contribution in [0.5, 0.6) is 11.5 Å². The van der Waals surface area contributed by atoms with E-state index in [1.165, 1.54) is 31.5 Å². The molecular formula is C18H13BrClFN2O4S. The third-order valence-electron chi connectivity index (χ3n) is 4.07. The quantitative estimate of drug-likeness (QED) is 0.380. The fourth-order valence-electron chi connectivity index (χ4n) is 2.41. The summed E-state index contributed by atoms with van der Waals surface area (Å²) in [4.78, 5) is 31.8. The zero-order valence-electron chi connectivity index (χ0n) is 14.6. The van der Waals surface area contributed by atoms with Gasteiger partial charge in [0.15, 0.2) is 23.1 Å². The van der Waals surface area contributed by atoms with Crippen molar-refractivity contribution < 1.29 is 23.8 Å². The van der Waals surface area contributed by atoms with Gasteiger partial charge in [-0.05, 0) is 70.8 Å². The zero-order chi connectivity index (χ0) is 20.6. The Bertz CT molecular complexity index is 1000. The van der Waals surface area contributed by atoms with Crippen LogP contribution in [0.4, 0.5) is 4.39 Å². The highest BCUT2D eigenvalue weighted by atomic mass is 79.9. The van der Waals surface area contributed by atoms with E-state index < -0.39 is 23.6 Å². The molecule has 0 saturated carbocycles. The van der Waals surface area contributed by atoms with Gasteiger partial charge in [-0.15, -0.1) is 0 Å². The Morgan fingerprint density at radius 3 is 2.61 bits per heavy atom. The second kappa shape index (κ2) is 8.18. The molecule has 1 aliphatic rings. The number of Topliss-reactive ketones (excluding diaryl/α,β-unsaturated/α-hetero) is 1. The Balaban J connectivity index is 1.96. The van der Waals surface area contributed by atoms with Crippen molar-refractivity contribution in [1.29, 1.82) is 0 Å². The van der Waals surface area contributed by atoms with E-state index in [0.717, 1.165) is 11.8 Å². The maximum Gasteiger partial charge on any atom is 0.222 e. The lowest BCUT2D eigenvalue weighted by Gasteiger charge is -2.17. The number of halogens is 3. The number of benzene rings is 1. The number of carbonyl (C=O) groups is 2. The molecule has 10 heteroatoms. The second-order valence-corrected chi connectivity index (χ2v) is 8.18. The molecule has 2 heterocycles. The third-order valence-corrected chi connectivity index (χ3v) is 6.17. The van der Waals surface area contributed by atoms with Crippen LogP contribution in [0.15, 0.2) is 27.8 Å². The first-order chi connectivity index (χ1) is 13.2. The number of aromatic nitrogens is 2. The van der Waals surface area contributed by atoms with E-state index in [9.17, 15) is 19.1 Å². The normalized spacial score (nSPS) is 19.3. The van der Waals surface area contributed by atoms with Gasteiger partial charge in [0.1, 0.15) is 6.10 Å². The summed E-state index contributed by atoms with van der Waals surface area (Å²) in [6, 6.07) is 1.38. The lowest BCUT2D eigenvalue weighted by Crippen LogP contribution is -2.08. The second-order valence-electron chi connectivity index (χ2n) is 6.00. The number of thioether (sulfide) groups is 1. The molecule has 0 spiro atoms. The summed E-state index contributed by atoms with van der Waals surface area (Å²) in [5, 5.41) is 9.92. The highest BCUT2D eigenvalue weighted by Crippen LogP contribution is 2.41. The molecule has 2 unspecified atom stereocenters. The van der Waals surface area contributed by atoms with Crippen LogP contribution in [0, 0.1) is 11.7 Å². The number of rotatable bonds is 4. The third kappa shape index (κ3) is 4.06. The Hall–Kier alpha value is -1.97. The van der Waals surface area contributed by atoms with E-state index in [1.54, 1.807) is 6.92 Å². The average molecular weight is 488 g/mol. The number of hydrogen-bond acceptors (Lipinski definition) is 7. The molecular weight excluding hydrogens is 475 g/mol. The van der Waals surface area contributed by atoms with Gasteiger partial charge in [-0.2, -0.15) is 0 Å². The number of hydrogen-bond donors (Lipinski definition) is 1. The summed E-state index contributed by atoms with van der Waals surface area (Å²) >= 11 is 9.53. The van der Waals surface area contributed by atoms with E-state index in [-0.39, 0.29) is 36.9 Å². The van der Waals surface area contributed by atoms with Crippen molar-refractivity contribution in [2.75, 3.05) is 0 Å². The summed E-state index contributed by atoms with van der Waals surface area (Å²) in [5.74, 6) is -2.84. The van der Waals surface area contributed by atoms with Crippen molar-refractivity contribution in [3.05, 3.63) is 50.1 Å². The standard InChI is InChI=1S/C18H13BrClFN2O4S/c1-7-15(24)12(28-17(7)26)4-9-3-11(16(25)14(21)13(9)19)27-8(2)10-5-22-18(20)23-6-10/h3-8,25H,1-2H3/b12-4-. The molecule has 28 heavy (non-hydrogen) atoms. The first-order valence-corrected chi connectivity index (χ1v) is 10.0. The van der Waals surface area contributed by atoms with Crippen LogP contribution in [-0.4, -0.2) is 26.0 Å². The van der Waals surface area contributed by atoms with E-state index in [2.05, 4.69) is 25.9 Å². The van der Waals surface area contributed by atoms with Gasteiger partial charge in [0, 0.05) is 18.0 Å². The SMILES string of the molecule is CC1C(=O)S/C(=C\c2cc(OC(C)c3cnc(Cl)nc3)c(O)c(F)c2Br)C1=O. The molecule has 1 fully saturated rings. The Morgan fingerprint density at radius 1 is 1.39 bits per heavy atom. The van der Waals surface area contributed by atoms with Gasteiger partial charge in [-0.25, -0.2) is 14.4 Å². The van der Waals surface area contributed by atoms with Crippen LogP contribution in [0.3, 0.4) is 0 Å². The monoisotopic (exact) mass is 486 g/mol. The summed E-state index contributed by atoms with van der Waals surface area (Å²) in [5.41, 5.74) is 0.815. The number of aromatic hydroxyl groups is 1. The summed E-state index contributed by atoms with van der Waals surface area (Å²) in [6.07, 6.45) is 3.68. The summed E-state index contributed by atoms with van der Waals surface area (Å²) in [6.45, 7) is 3.19. The number of phenols is 1. The van der Waals surface area contributed by atoms with Crippen molar-refractivity contribution in [2.24, 2.45) is 5.92 Å². The smallest absolute Gasteiger partial charge is 0.222 e. The van der Waals surface area contributed by atoms with E-state index in [4.69, 9.17) is 16.3 Å². The zero-order valence-corrected chi connectivity index (χ0v) is 17.7. The van der Waals surface area contributed by atoms with Crippen LogP contribution >= 0.6 is 39.3 Å². The summed E-state index contributed by atoms with van der Waals surface area (Å²) in [7, 11) is 0.